The van der Waals surface area contributed by atoms with Crippen molar-refractivity contribution in [1.82, 2.24) is 9.88 Å². The number of amides is 1. The molecule has 1 atom stereocenters. The maximum Gasteiger partial charge on any atom is 0.410 e. The summed E-state index contributed by atoms with van der Waals surface area (Å²) in [5, 5.41) is -0.210. The van der Waals surface area contributed by atoms with Crippen LogP contribution in [0.25, 0.3) is 0 Å². The van der Waals surface area contributed by atoms with Crippen molar-refractivity contribution in [2.75, 3.05) is 18.8 Å². The molecule has 2 rings (SSSR count). The first-order valence-corrected chi connectivity index (χ1v) is 9.23. The fourth-order valence-electron chi connectivity index (χ4n) is 2.03. The van der Waals surface area contributed by atoms with Gasteiger partial charge in [-0.3, -0.25) is 0 Å². The number of hydrogen-bond acceptors (Lipinski definition) is 6. The van der Waals surface area contributed by atoms with Gasteiger partial charge in [-0.25, -0.2) is 18.2 Å². The second-order valence-electron chi connectivity index (χ2n) is 6.09. The molecule has 0 aliphatic carbocycles. The van der Waals surface area contributed by atoms with Crippen LogP contribution in [0, 0.1) is 6.92 Å². The SMILES string of the molecule is Cc1cnc(C2CN(C(=O)OC(C)(C)C)CCS2(=O)=O)s1. The van der Waals surface area contributed by atoms with Gasteiger partial charge in [0.25, 0.3) is 0 Å². The normalized spacial score (nSPS) is 22.1. The zero-order chi connectivity index (χ0) is 15.8. The van der Waals surface area contributed by atoms with E-state index in [1.54, 1.807) is 27.0 Å². The zero-order valence-corrected chi connectivity index (χ0v) is 14.3. The molecule has 1 amide bonds. The van der Waals surface area contributed by atoms with Gasteiger partial charge in [-0.05, 0) is 27.7 Å². The minimum absolute atomic E-state index is 0.0600. The smallest absolute Gasteiger partial charge is 0.410 e. The molecule has 1 saturated heterocycles. The lowest BCUT2D eigenvalue weighted by molar-refractivity contribution is 0.0253. The Bertz CT molecular complexity index is 631. The Balaban J connectivity index is 2.18. The van der Waals surface area contributed by atoms with Crippen molar-refractivity contribution in [3.63, 3.8) is 0 Å². The third-order valence-corrected chi connectivity index (χ3v) is 6.20. The van der Waals surface area contributed by atoms with Crippen LogP contribution in [0.4, 0.5) is 4.79 Å². The second-order valence-corrected chi connectivity index (χ2v) is 9.66. The molecule has 1 fully saturated rings. The molecule has 0 aromatic carbocycles. The fourth-order valence-corrected chi connectivity index (χ4v) is 4.90. The van der Waals surface area contributed by atoms with Crippen LogP contribution in [0.2, 0.25) is 0 Å². The van der Waals surface area contributed by atoms with Crippen molar-refractivity contribution in [3.05, 3.63) is 16.1 Å². The van der Waals surface area contributed by atoms with Crippen LogP contribution in [-0.4, -0.2) is 48.8 Å². The molecule has 6 nitrogen and oxygen atoms in total. The Hall–Kier alpha value is -1.15. The lowest BCUT2D eigenvalue weighted by atomic mass is 10.2. The van der Waals surface area contributed by atoms with E-state index in [1.165, 1.54) is 16.2 Å². The molecule has 21 heavy (non-hydrogen) atoms. The Labute approximate surface area is 129 Å². The number of sulfone groups is 1. The van der Waals surface area contributed by atoms with Crippen LogP contribution in [-0.2, 0) is 14.6 Å². The first-order chi connectivity index (χ1) is 9.58. The summed E-state index contributed by atoms with van der Waals surface area (Å²) in [4.78, 5) is 18.7. The number of carbonyl (C=O) groups is 1. The lowest BCUT2D eigenvalue weighted by Gasteiger charge is -2.33. The molecule has 8 heteroatoms. The van der Waals surface area contributed by atoms with E-state index in [-0.39, 0.29) is 18.8 Å². The number of aromatic nitrogens is 1. The molecule has 0 saturated carbocycles. The molecular weight excluding hydrogens is 312 g/mol. The summed E-state index contributed by atoms with van der Waals surface area (Å²) in [5.74, 6) is -0.0600. The van der Waals surface area contributed by atoms with Crippen molar-refractivity contribution in [2.24, 2.45) is 0 Å². The minimum atomic E-state index is -3.27. The van der Waals surface area contributed by atoms with Crippen LogP contribution in [0.15, 0.2) is 6.20 Å². The maximum absolute atomic E-state index is 12.2. The average Bonchev–Trinajstić information content (AvgIpc) is 2.72. The van der Waals surface area contributed by atoms with Gasteiger partial charge in [0, 0.05) is 24.2 Å². The summed E-state index contributed by atoms with van der Waals surface area (Å²) < 4.78 is 29.8. The first-order valence-electron chi connectivity index (χ1n) is 6.70. The highest BCUT2D eigenvalue weighted by Crippen LogP contribution is 2.31. The zero-order valence-electron chi connectivity index (χ0n) is 12.6. The van der Waals surface area contributed by atoms with Crippen LogP contribution in [0.1, 0.15) is 35.9 Å². The minimum Gasteiger partial charge on any atom is -0.444 e. The topological polar surface area (TPSA) is 76.6 Å². The van der Waals surface area contributed by atoms with E-state index in [0.717, 1.165) is 4.88 Å². The number of rotatable bonds is 1. The Morgan fingerprint density at radius 3 is 2.67 bits per heavy atom. The monoisotopic (exact) mass is 332 g/mol. The summed E-state index contributed by atoms with van der Waals surface area (Å²) in [6, 6.07) is 0. The molecule has 2 heterocycles. The molecule has 118 valence electrons. The Kier molecular flexibility index (Phi) is 4.30. The predicted molar refractivity (Wildman–Crippen MR) is 81.2 cm³/mol. The molecule has 0 bridgehead atoms. The molecular formula is C13H20N2O4S2. The van der Waals surface area contributed by atoms with Gasteiger partial charge in [0.05, 0.1) is 5.75 Å². The molecule has 0 N–H and O–H groups in total. The third kappa shape index (κ3) is 3.94. The molecule has 1 unspecified atom stereocenters. The highest BCUT2D eigenvalue weighted by Gasteiger charge is 2.39. The number of hydrogen-bond donors (Lipinski definition) is 0. The average molecular weight is 332 g/mol. The second kappa shape index (κ2) is 5.57. The van der Waals surface area contributed by atoms with Crippen LogP contribution < -0.4 is 0 Å². The van der Waals surface area contributed by atoms with Gasteiger partial charge >= 0.3 is 6.09 Å². The number of ether oxygens (including phenoxy) is 1. The number of carbonyl (C=O) groups excluding carboxylic acids is 1. The van der Waals surface area contributed by atoms with Crippen molar-refractivity contribution >= 4 is 27.3 Å². The van der Waals surface area contributed by atoms with Crippen LogP contribution in [0.3, 0.4) is 0 Å². The highest BCUT2D eigenvalue weighted by molar-refractivity contribution is 7.91. The predicted octanol–water partition coefficient (Wildman–Crippen LogP) is 2.16. The molecule has 1 aromatic rings. The summed E-state index contributed by atoms with van der Waals surface area (Å²) in [7, 11) is -3.27. The van der Waals surface area contributed by atoms with Crippen molar-refractivity contribution < 1.29 is 17.9 Å². The molecule has 0 spiro atoms. The summed E-state index contributed by atoms with van der Waals surface area (Å²) in [6.45, 7) is 7.50. The first kappa shape index (κ1) is 16.2. The molecule has 1 aliphatic rings. The quantitative estimate of drug-likeness (QED) is 0.787. The van der Waals surface area contributed by atoms with E-state index in [1.807, 2.05) is 6.92 Å². The van der Waals surface area contributed by atoms with Gasteiger partial charge in [0.2, 0.25) is 0 Å². The van der Waals surface area contributed by atoms with Crippen LogP contribution >= 0.6 is 11.3 Å². The Morgan fingerprint density at radius 2 is 2.14 bits per heavy atom. The lowest BCUT2D eigenvalue weighted by Crippen LogP contribution is -2.47. The molecule has 1 aromatic heterocycles. The van der Waals surface area contributed by atoms with E-state index in [4.69, 9.17) is 4.74 Å². The standard InChI is InChI=1S/C13H20N2O4S2/c1-9-7-14-11(20-9)10-8-15(5-6-21(10,17)18)12(16)19-13(2,3)4/h7,10H,5-6,8H2,1-4H3. The summed E-state index contributed by atoms with van der Waals surface area (Å²) in [5.41, 5.74) is -0.597. The van der Waals surface area contributed by atoms with Gasteiger partial charge in [-0.15, -0.1) is 11.3 Å². The largest absolute Gasteiger partial charge is 0.444 e. The molecule has 1 aliphatic heterocycles. The number of nitrogens with zero attached hydrogens (tertiary/aromatic N) is 2. The third-order valence-electron chi connectivity index (χ3n) is 3.03. The van der Waals surface area contributed by atoms with E-state index < -0.39 is 26.8 Å². The van der Waals surface area contributed by atoms with E-state index in [9.17, 15) is 13.2 Å². The van der Waals surface area contributed by atoms with E-state index >= 15 is 0 Å². The van der Waals surface area contributed by atoms with Gasteiger partial charge < -0.3 is 9.64 Å². The van der Waals surface area contributed by atoms with Gasteiger partial charge in [0.15, 0.2) is 9.84 Å². The Morgan fingerprint density at radius 1 is 1.48 bits per heavy atom. The van der Waals surface area contributed by atoms with Crippen molar-refractivity contribution in [1.29, 1.82) is 0 Å². The fraction of sp³-hybridized carbons (Fsp3) is 0.692. The van der Waals surface area contributed by atoms with E-state index in [0.29, 0.717) is 5.01 Å². The highest BCUT2D eigenvalue weighted by atomic mass is 32.2. The van der Waals surface area contributed by atoms with Crippen LogP contribution in [0.5, 0.6) is 0 Å². The summed E-state index contributed by atoms with van der Waals surface area (Å²) in [6.07, 6.45) is 1.18. The number of thiazole rings is 1. The summed E-state index contributed by atoms with van der Waals surface area (Å²) >= 11 is 1.35. The maximum atomic E-state index is 12.2. The van der Waals surface area contributed by atoms with Gasteiger partial charge in [0.1, 0.15) is 15.9 Å². The van der Waals surface area contributed by atoms with Crippen molar-refractivity contribution in [3.8, 4) is 0 Å². The van der Waals surface area contributed by atoms with Crippen molar-refractivity contribution in [2.45, 2.75) is 38.5 Å². The number of aryl methyl sites for hydroxylation is 1. The molecule has 0 radical (unpaired) electrons. The van der Waals surface area contributed by atoms with Gasteiger partial charge in [-0.2, -0.15) is 0 Å². The van der Waals surface area contributed by atoms with Gasteiger partial charge in [-0.1, -0.05) is 0 Å². The van der Waals surface area contributed by atoms with E-state index in [2.05, 4.69) is 4.98 Å².